The topological polar surface area (TPSA) is 53.0 Å². The Bertz CT molecular complexity index is 622. The molecule has 0 heterocycles. The lowest BCUT2D eigenvalue weighted by atomic mass is 10.2. The average Bonchev–Trinajstić information content (AvgIpc) is 2.37. The number of nitrogens with zero attached hydrogens (tertiary/aromatic N) is 2. The molecule has 19 heavy (non-hydrogen) atoms. The molecule has 0 unspecified atom stereocenters. The predicted octanol–water partition coefficient (Wildman–Crippen LogP) is 4.22. The van der Waals surface area contributed by atoms with Crippen molar-refractivity contribution in [1.29, 1.82) is 5.26 Å². The summed E-state index contributed by atoms with van der Waals surface area (Å²) in [6.45, 7) is 0. The molecule has 96 valence electrons. The van der Waals surface area contributed by atoms with E-state index < -0.39 is 0 Å². The first kappa shape index (κ1) is 13.5. The fourth-order valence-corrected chi connectivity index (χ4v) is 2.55. The van der Waals surface area contributed by atoms with Crippen LogP contribution in [0.1, 0.15) is 5.56 Å². The summed E-state index contributed by atoms with van der Waals surface area (Å²) in [5.41, 5.74) is 8.37. The molecular weight excluding hydrogens is 281 g/mol. The van der Waals surface area contributed by atoms with Gasteiger partial charge in [0.2, 0.25) is 0 Å². The van der Waals surface area contributed by atoms with E-state index in [4.69, 9.17) is 34.2 Å². The van der Waals surface area contributed by atoms with Crippen LogP contribution in [-0.4, -0.2) is 7.05 Å². The zero-order valence-electron chi connectivity index (χ0n) is 10.2. The summed E-state index contributed by atoms with van der Waals surface area (Å²) in [6, 6.07) is 12.5. The van der Waals surface area contributed by atoms with Gasteiger partial charge >= 0.3 is 0 Å². The molecule has 0 aliphatic rings. The highest BCUT2D eigenvalue weighted by atomic mass is 35.5. The van der Waals surface area contributed by atoms with Gasteiger partial charge in [0, 0.05) is 18.4 Å². The van der Waals surface area contributed by atoms with Gasteiger partial charge in [0.15, 0.2) is 0 Å². The minimum atomic E-state index is 0.483. The Hall–Kier alpha value is -1.89. The van der Waals surface area contributed by atoms with Crippen LogP contribution in [0.25, 0.3) is 0 Å². The van der Waals surface area contributed by atoms with E-state index in [2.05, 4.69) is 6.07 Å². The van der Waals surface area contributed by atoms with Crippen LogP contribution in [0.4, 0.5) is 17.1 Å². The molecule has 0 fully saturated rings. The van der Waals surface area contributed by atoms with Crippen LogP contribution in [-0.2, 0) is 0 Å². The molecule has 0 radical (unpaired) electrons. The van der Waals surface area contributed by atoms with Crippen molar-refractivity contribution in [3.8, 4) is 6.07 Å². The highest BCUT2D eigenvalue weighted by Crippen LogP contribution is 2.38. The number of halogens is 2. The molecule has 0 saturated carbocycles. The number of benzene rings is 2. The monoisotopic (exact) mass is 291 g/mol. The lowest BCUT2D eigenvalue weighted by Crippen LogP contribution is -2.10. The minimum absolute atomic E-state index is 0.483. The number of nitrogens with two attached hydrogens (primary N) is 1. The maximum absolute atomic E-state index is 8.78. The maximum atomic E-state index is 8.78. The Morgan fingerprint density at radius 3 is 2.11 bits per heavy atom. The molecule has 2 rings (SSSR count). The first-order valence-electron chi connectivity index (χ1n) is 5.51. The van der Waals surface area contributed by atoms with Gasteiger partial charge in [0.05, 0.1) is 27.4 Å². The normalized spacial score (nSPS) is 10.0. The van der Waals surface area contributed by atoms with Gasteiger partial charge in [0.1, 0.15) is 0 Å². The van der Waals surface area contributed by atoms with Gasteiger partial charge in [0.25, 0.3) is 0 Å². The van der Waals surface area contributed by atoms with Crippen molar-refractivity contribution in [2.45, 2.75) is 0 Å². The molecule has 0 aromatic heterocycles. The summed E-state index contributed by atoms with van der Waals surface area (Å²) < 4.78 is 0. The van der Waals surface area contributed by atoms with Crippen LogP contribution in [0.2, 0.25) is 10.0 Å². The van der Waals surface area contributed by atoms with Crippen molar-refractivity contribution in [3.05, 3.63) is 52.0 Å². The summed E-state index contributed by atoms with van der Waals surface area (Å²) in [5.74, 6) is 0. The molecule has 2 aromatic rings. The van der Waals surface area contributed by atoms with E-state index in [0.717, 1.165) is 5.69 Å². The average molecular weight is 292 g/mol. The Balaban J connectivity index is 2.44. The van der Waals surface area contributed by atoms with Gasteiger partial charge in [-0.2, -0.15) is 5.26 Å². The second-order valence-corrected chi connectivity index (χ2v) is 4.87. The molecule has 5 heteroatoms. The number of hydrogen-bond acceptors (Lipinski definition) is 3. The Morgan fingerprint density at radius 1 is 1.11 bits per heavy atom. The maximum Gasteiger partial charge on any atom is 0.0991 e. The summed E-state index contributed by atoms with van der Waals surface area (Å²) in [5, 5.41) is 9.75. The molecular formula is C14H11Cl2N3. The van der Waals surface area contributed by atoms with Crippen LogP contribution in [0.3, 0.4) is 0 Å². The molecule has 0 spiro atoms. The SMILES string of the molecule is CN(c1ccc(C#N)cc1)c1c(Cl)cc(N)cc1Cl. The fourth-order valence-electron chi connectivity index (χ4n) is 1.79. The number of nitrogen functional groups attached to an aromatic ring is 1. The Labute approximate surface area is 121 Å². The Morgan fingerprint density at radius 2 is 1.63 bits per heavy atom. The van der Waals surface area contributed by atoms with Gasteiger partial charge in [-0.25, -0.2) is 0 Å². The Kier molecular flexibility index (Phi) is 3.84. The molecule has 0 bridgehead atoms. The van der Waals surface area contributed by atoms with Crippen molar-refractivity contribution in [3.63, 3.8) is 0 Å². The van der Waals surface area contributed by atoms with Gasteiger partial charge in [-0.15, -0.1) is 0 Å². The summed E-state index contributed by atoms with van der Waals surface area (Å²) in [7, 11) is 1.85. The van der Waals surface area contributed by atoms with Crippen molar-refractivity contribution < 1.29 is 0 Å². The van der Waals surface area contributed by atoms with E-state index in [1.54, 1.807) is 24.3 Å². The predicted molar refractivity (Wildman–Crippen MR) is 80.1 cm³/mol. The third-order valence-electron chi connectivity index (χ3n) is 2.76. The zero-order chi connectivity index (χ0) is 14.0. The van der Waals surface area contributed by atoms with Crippen LogP contribution in [0.15, 0.2) is 36.4 Å². The van der Waals surface area contributed by atoms with E-state index in [9.17, 15) is 0 Å². The van der Waals surface area contributed by atoms with E-state index in [-0.39, 0.29) is 0 Å². The first-order valence-corrected chi connectivity index (χ1v) is 6.27. The molecule has 0 aliphatic carbocycles. The molecule has 2 aromatic carbocycles. The van der Waals surface area contributed by atoms with E-state index in [1.807, 2.05) is 24.1 Å². The summed E-state index contributed by atoms with van der Waals surface area (Å²) in [4.78, 5) is 1.85. The minimum Gasteiger partial charge on any atom is -0.399 e. The smallest absolute Gasteiger partial charge is 0.0991 e. The van der Waals surface area contributed by atoms with E-state index in [0.29, 0.717) is 27.0 Å². The number of rotatable bonds is 2. The molecule has 2 N–H and O–H groups in total. The lowest BCUT2D eigenvalue weighted by molar-refractivity contribution is 1.21. The van der Waals surface area contributed by atoms with Crippen LogP contribution in [0, 0.1) is 11.3 Å². The summed E-state index contributed by atoms with van der Waals surface area (Å²) in [6.07, 6.45) is 0. The first-order chi connectivity index (χ1) is 9.02. The van der Waals surface area contributed by atoms with Gasteiger partial charge < -0.3 is 10.6 Å². The highest BCUT2D eigenvalue weighted by Gasteiger charge is 2.13. The van der Waals surface area contributed by atoms with Crippen LogP contribution >= 0.6 is 23.2 Å². The van der Waals surface area contributed by atoms with Gasteiger partial charge in [-0.3, -0.25) is 0 Å². The standard InChI is InChI=1S/C14H11Cl2N3/c1-19(11-4-2-9(8-17)3-5-11)14-12(15)6-10(18)7-13(14)16/h2-7H,18H2,1H3. The van der Waals surface area contributed by atoms with Crippen molar-refractivity contribution >= 4 is 40.3 Å². The lowest BCUT2D eigenvalue weighted by Gasteiger charge is -2.22. The number of hydrogen-bond donors (Lipinski definition) is 1. The van der Waals surface area contributed by atoms with Crippen molar-refractivity contribution in [1.82, 2.24) is 0 Å². The van der Waals surface area contributed by atoms with Crippen molar-refractivity contribution in [2.24, 2.45) is 0 Å². The quantitative estimate of drug-likeness (QED) is 0.843. The molecule has 0 saturated heterocycles. The zero-order valence-corrected chi connectivity index (χ0v) is 11.7. The molecule has 0 amide bonds. The molecule has 3 nitrogen and oxygen atoms in total. The highest BCUT2D eigenvalue weighted by molar-refractivity contribution is 6.39. The second kappa shape index (κ2) is 5.40. The second-order valence-electron chi connectivity index (χ2n) is 4.05. The largest absolute Gasteiger partial charge is 0.399 e. The van der Waals surface area contributed by atoms with Gasteiger partial charge in [-0.05, 0) is 36.4 Å². The molecule has 0 aliphatic heterocycles. The fraction of sp³-hybridized carbons (Fsp3) is 0.0714. The van der Waals surface area contributed by atoms with Crippen molar-refractivity contribution in [2.75, 3.05) is 17.7 Å². The summed E-state index contributed by atoms with van der Waals surface area (Å²) >= 11 is 12.4. The van der Waals surface area contributed by atoms with Crippen LogP contribution in [0.5, 0.6) is 0 Å². The van der Waals surface area contributed by atoms with E-state index in [1.165, 1.54) is 0 Å². The number of anilines is 3. The molecule has 0 atom stereocenters. The number of nitriles is 1. The van der Waals surface area contributed by atoms with E-state index >= 15 is 0 Å². The van der Waals surface area contributed by atoms with Crippen LogP contribution < -0.4 is 10.6 Å². The third-order valence-corrected chi connectivity index (χ3v) is 3.33. The van der Waals surface area contributed by atoms with Gasteiger partial charge in [-0.1, -0.05) is 23.2 Å². The third kappa shape index (κ3) is 2.76.